The smallest absolute Gasteiger partial charge is 0.261 e. The molecule has 0 saturated heterocycles. The minimum Gasteiger partial charge on any atom is -0.261 e. The Morgan fingerprint density at radius 3 is 1.56 bits per heavy atom. The predicted octanol–water partition coefficient (Wildman–Crippen LogP) is 13.0. The fraction of sp³-hybridized carbons (Fsp3) is 0.367. The lowest BCUT2D eigenvalue weighted by molar-refractivity contribution is 0.532. The molecule has 0 N–H and O–H groups in total. The van der Waals surface area contributed by atoms with Crippen molar-refractivity contribution in [3.8, 4) is 24.3 Å². The van der Waals surface area contributed by atoms with Crippen LogP contribution in [0.5, 0.6) is 0 Å². The first-order valence-corrected chi connectivity index (χ1v) is 18.5. The lowest BCUT2D eigenvalue weighted by Gasteiger charge is -2.21. The first kappa shape index (κ1) is 51.1. The highest BCUT2D eigenvalue weighted by Crippen LogP contribution is 2.43. The minimum absolute atomic E-state index is 0. The van der Waals surface area contributed by atoms with E-state index in [1.54, 1.807) is 13.8 Å². The highest BCUT2D eigenvalue weighted by molar-refractivity contribution is 5.72. The average molecular weight is 777 g/mol. The van der Waals surface area contributed by atoms with Crippen molar-refractivity contribution < 1.29 is 0 Å². The number of allylic oxidation sites excluding steroid dienone is 9. The van der Waals surface area contributed by atoms with Crippen LogP contribution in [0.2, 0.25) is 0 Å². The first-order valence-electron chi connectivity index (χ1n) is 18.5. The van der Waals surface area contributed by atoms with Gasteiger partial charge in [-0.3, -0.25) is 4.99 Å². The molecule has 59 heavy (non-hydrogen) atoms. The second-order valence-electron chi connectivity index (χ2n) is 13.2. The highest BCUT2D eigenvalue weighted by Gasteiger charge is 2.33. The van der Waals surface area contributed by atoms with Crippen molar-refractivity contribution in [3.05, 3.63) is 156 Å². The van der Waals surface area contributed by atoms with Crippen molar-refractivity contribution in [1.29, 1.82) is 21.0 Å². The maximum Gasteiger partial charge on any atom is 0.264 e. The maximum absolute atomic E-state index is 9.51. The summed E-state index contributed by atoms with van der Waals surface area (Å²) in [5, 5.41) is 37.2. The van der Waals surface area contributed by atoms with Gasteiger partial charge in [-0.25, -0.2) is 45.4 Å². The SMILES string of the molecule is C.CCC.[C-]#[N+]/C(C#N)=C(C)\C(=C(/C#N)[N+]#[C-])C1CCCC1C=Nc1cc(C)c(N=C=C)cc1C.[C-]#[N+]/C(C#N)=C(\C(C)=C(/C#N)[N+]#[C-])C1CCCC1C=C=C=C=C=C. The Morgan fingerprint density at radius 1 is 0.712 bits per heavy atom. The molecule has 1 aromatic rings. The van der Waals surface area contributed by atoms with Crippen LogP contribution in [0, 0.1) is 109 Å². The first-order chi connectivity index (χ1) is 28.0. The minimum atomic E-state index is -0.136. The Balaban J connectivity index is 0.00000108. The van der Waals surface area contributed by atoms with E-state index in [9.17, 15) is 15.8 Å². The zero-order valence-corrected chi connectivity index (χ0v) is 34.0. The third kappa shape index (κ3) is 14.3. The predicted molar refractivity (Wildman–Crippen MR) is 234 cm³/mol. The quantitative estimate of drug-likeness (QED) is 0.0853. The molecule has 2 aliphatic rings. The molecule has 0 aromatic heterocycles. The fourth-order valence-corrected chi connectivity index (χ4v) is 6.80. The van der Waals surface area contributed by atoms with Crippen LogP contribution in [0.25, 0.3) is 19.4 Å². The van der Waals surface area contributed by atoms with Crippen molar-refractivity contribution in [1.82, 2.24) is 0 Å². The zero-order chi connectivity index (χ0) is 43.6. The molecule has 10 heteroatoms. The van der Waals surface area contributed by atoms with Gasteiger partial charge in [-0.1, -0.05) is 52.0 Å². The molecule has 2 saturated carbocycles. The van der Waals surface area contributed by atoms with Crippen LogP contribution in [-0.2, 0) is 0 Å². The summed E-state index contributed by atoms with van der Waals surface area (Å²) >= 11 is 0. The Morgan fingerprint density at radius 2 is 1.14 bits per heavy atom. The van der Waals surface area contributed by atoms with E-state index in [1.165, 1.54) is 6.42 Å². The van der Waals surface area contributed by atoms with E-state index in [0.29, 0.717) is 22.3 Å². The molecule has 3 rings (SSSR count). The van der Waals surface area contributed by atoms with Crippen molar-refractivity contribution in [2.75, 3.05) is 0 Å². The molecule has 1 aromatic carbocycles. The highest BCUT2D eigenvalue weighted by atomic mass is 14.8. The van der Waals surface area contributed by atoms with Crippen LogP contribution < -0.4 is 0 Å². The number of hydrogen-bond donors (Lipinski definition) is 0. The molecular weight excluding hydrogens is 729 g/mol. The number of benzene rings is 1. The summed E-state index contributed by atoms with van der Waals surface area (Å²) in [4.78, 5) is 22.0. The molecule has 2 aliphatic carbocycles. The van der Waals surface area contributed by atoms with E-state index in [0.717, 1.165) is 61.0 Å². The number of aliphatic imine (C=N–C) groups is 2. The van der Waals surface area contributed by atoms with Gasteiger partial charge in [0.1, 0.15) is 0 Å². The molecule has 10 nitrogen and oxygen atoms in total. The molecule has 0 radical (unpaired) electrons. The Bertz CT molecular complexity index is 2400. The van der Waals surface area contributed by atoms with Crippen LogP contribution in [0.3, 0.4) is 0 Å². The topological polar surface area (TPSA) is 137 Å². The maximum atomic E-state index is 9.51. The lowest BCUT2D eigenvalue weighted by atomic mass is 9.83. The number of nitriles is 4. The molecule has 0 spiro atoms. The van der Waals surface area contributed by atoms with Crippen LogP contribution >= 0.6 is 0 Å². The lowest BCUT2D eigenvalue weighted by Crippen LogP contribution is -2.15. The molecule has 2 fully saturated rings. The Hall–Kier alpha value is -7.92. The number of rotatable bonds is 8. The van der Waals surface area contributed by atoms with Gasteiger partial charge >= 0.3 is 0 Å². The average Bonchev–Trinajstić information content (AvgIpc) is 3.89. The molecule has 4 unspecified atom stereocenters. The van der Waals surface area contributed by atoms with Gasteiger partial charge in [0.05, 0.1) is 61.9 Å². The van der Waals surface area contributed by atoms with Gasteiger partial charge in [0.2, 0.25) is 0 Å². The van der Waals surface area contributed by atoms with E-state index in [2.05, 4.69) is 80.2 Å². The van der Waals surface area contributed by atoms with Gasteiger partial charge in [-0.2, -0.15) is 0 Å². The van der Waals surface area contributed by atoms with Crippen molar-refractivity contribution in [2.24, 2.45) is 33.7 Å². The normalized spacial score (nSPS) is 18.5. The van der Waals surface area contributed by atoms with Crippen LogP contribution in [0.4, 0.5) is 11.4 Å². The summed E-state index contributed by atoms with van der Waals surface area (Å²) in [6, 6.07) is 11.5. The molecule has 0 bridgehead atoms. The van der Waals surface area contributed by atoms with Crippen LogP contribution in [0.15, 0.2) is 109 Å². The molecule has 0 heterocycles. The van der Waals surface area contributed by atoms with Crippen molar-refractivity contribution in [3.63, 3.8) is 0 Å². The molecule has 4 atom stereocenters. The summed E-state index contributed by atoms with van der Waals surface area (Å²) in [5.41, 5.74) is 15.7. The van der Waals surface area contributed by atoms with E-state index < -0.39 is 0 Å². The second kappa shape index (κ2) is 27.6. The van der Waals surface area contributed by atoms with Gasteiger partial charge in [-0.15, -0.1) is 0 Å². The largest absolute Gasteiger partial charge is 0.264 e. The summed E-state index contributed by atoms with van der Waals surface area (Å²) < 4.78 is 0. The molecule has 0 amide bonds. The van der Waals surface area contributed by atoms with Crippen LogP contribution in [0.1, 0.15) is 91.2 Å². The monoisotopic (exact) mass is 776 g/mol. The Labute approximate surface area is 351 Å². The van der Waals surface area contributed by atoms with Gasteiger partial charge < -0.3 is 0 Å². The molecular formula is C49H48N10. The number of hydrogen-bond acceptors (Lipinski definition) is 6. The summed E-state index contributed by atoms with van der Waals surface area (Å²) in [6.45, 7) is 47.4. The van der Waals surface area contributed by atoms with E-state index in [1.807, 2.05) is 62.5 Å². The third-order valence-electron chi connectivity index (χ3n) is 9.42. The van der Waals surface area contributed by atoms with Crippen LogP contribution in [-0.4, -0.2) is 12.1 Å². The van der Waals surface area contributed by atoms with Gasteiger partial charge in [0.15, 0.2) is 0 Å². The number of nitrogens with zero attached hydrogens (tertiary/aromatic N) is 10. The number of aryl methyl sites for hydroxylation is 2. The van der Waals surface area contributed by atoms with Gasteiger partial charge in [0.25, 0.3) is 22.8 Å². The second-order valence-corrected chi connectivity index (χ2v) is 13.2. The Kier molecular flexibility index (Phi) is 23.9. The summed E-state index contributed by atoms with van der Waals surface area (Å²) in [6.07, 6.45) is 10.1. The molecule has 0 aliphatic heterocycles. The summed E-state index contributed by atoms with van der Waals surface area (Å²) in [7, 11) is 0. The fourth-order valence-electron chi connectivity index (χ4n) is 6.80. The van der Waals surface area contributed by atoms with Gasteiger partial charge in [0, 0.05) is 6.21 Å². The van der Waals surface area contributed by atoms with Crippen molar-refractivity contribution in [2.45, 2.75) is 93.9 Å². The standard InChI is InChI=1S/C25H22N6.C20H14N4.C3H8.CH4/c1-7-30-21-11-17(3)22(12-16(21)2)31-15-19-9-8-10-20(19)25(24(14-27)29-6)18(4)23(13-26)28-5;1-5-6-7-8-10-16-11-9-12-17(16)20(19(14-22)24-4)15(2)18(13-21)23-3;1-3-2;/h11-12,15,19-20H,1,8-10H2,2-4H3;10,16-17H,1,9,11-12H2,2H3;3H2,1-2H3;1H4/b23-18-,25-24-,31-15?;18-15+,20-19+;;. The van der Waals surface area contributed by atoms with E-state index >= 15 is 0 Å². The zero-order valence-electron chi connectivity index (χ0n) is 34.0. The molecule has 294 valence electrons. The third-order valence-corrected chi connectivity index (χ3v) is 9.42. The van der Waals surface area contributed by atoms with Crippen molar-refractivity contribution >= 4 is 23.5 Å². The van der Waals surface area contributed by atoms with E-state index in [4.69, 9.17) is 36.5 Å². The van der Waals surface area contributed by atoms with Gasteiger partial charge in [-0.05, 0) is 159 Å². The van der Waals surface area contributed by atoms with E-state index in [-0.39, 0.29) is 53.9 Å². The summed E-state index contributed by atoms with van der Waals surface area (Å²) in [5.74, 6) is 2.38.